The van der Waals surface area contributed by atoms with Crippen molar-refractivity contribution in [2.75, 3.05) is 11.4 Å². The number of hydrogen-bond donors (Lipinski definition) is 0. The van der Waals surface area contributed by atoms with E-state index in [2.05, 4.69) is 0 Å². The smallest absolute Gasteiger partial charge is 0.243 e. The standard InChI is InChI=1S/C26H32N4O2/c1-17(2)30(18(3)4)25(32)16-29-23-13-9-7-11-21(23)27-26(29)20-14-24(31)28(15-20)22-12-8-6-10-19(22)5/h6-13,17-18,20H,14-16H2,1-5H3/t20-/m1/s1. The molecule has 0 aliphatic carbocycles. The van der Waals surface area contributed by atoms with E-state index >= 15 is 0 Å². The van der Waals surface area contributed by atoms with Crippen molar-refractivity contribution in [3.8, 4) is 0 Å². The van der Waals surface area contributed by atoms with Gasteiger partial charge in [-0.25, -0.2) is 4.98 Å². The number of anilines is 1. The Labute approximate surface area is 189 Å². The molecule has 0 bridgehead atoms. The molecule has 3 aromatic rings. The molecule has 1 saturated heterocycles. The van der Waals surface area contributed by atoms with Crippen molar-refractivity contribution in [1.82, 2.24) is 14.5 Å². The molecule has 0 N–H and O–H groups in total. The minimum Gasteiger partial charge on any atom is -0.336 e. The van der Waals surface area contributed by atoms with Crippen molar-refractivity contribution in [2.24, 2.45) is 0 Å². The summed E-state index contributed by atoms with van der Waals surface area (Å²) in [4.78, 5) is 34.9. The van der Waals surface area contributed by atoms with E-state index in [1.54, 1.807) is 0 Å². The van der Waals surface area contributed by atoms with E-state index < -0.39 is 0 Å². The molecule has 168 valence electrons. The third kappa shape index (κ3) is 4.01. The van der Waals surface area contributed by atoms with Crippen LogP contribution in [0.2, 0.25) is 0 Å². The van der Waals surface area contributed by atoms with Crippen LogP contribution in [-0.4, -0.2) is 44.9 Å². The lowest BCUT2D eigenvalue weighted by molar-refractivity contribution is -0.135. The average Bonchev–Trinajstić information content (AvgIpc) is 3.28. The number of aromatic nitrogens is 2. The maximum atomic E-state index is 13.3. The van der Waals surface area contributed by atoms with E-state index in [0.717, 1.165) is 28.1 Å². The van der Waals surface area contributed by atoms with Gasteiger partial charge in [-0.1, -0.05) is 30.3 Å². The molecular weight excluding hydrogens is 400 g/mol. The number of para-hydroxylation sites is 3. The maximum Gasteiger partial charge on any atom is 0.243 e. The van der Waals surface area contributed by atoms with Gasteiger partial charge in [0.25, 0.3) is 0 Å². The zero-order chi connectivity index (χ0) is 23.0. The lowest BCUT2D eigenvalue weighted by Gasteiger charge is -2.31. The molecule has 2 heterocycles. The summed E-state index contributed by atoms with van der Waals surface area (Å²) in [6.07, 6.45) is 0.393. The molecule has 0 radical (unpaired) electrons. The van der Waals surface area contributed by atoms with Crippen LogP contribution in [0.4, 0.5) is 5.69 Å². The van der Waals surface area contributed by atoms with Gasteiger partial charge < -0.3 is 14.4 Å². The van der Waals surface area contributed by atoms with Gasteiger partial charge in [-0.2, -0.15) is 0 Å². The normalized spacial score (nSPS) is 16.5. The first-order chi connectivity index (χ1) is 15.3. The Hall–Kier alpha value is -3.15. The maximum absolute atomic E-state index is 13.3. The van der Waals surface area contributed by atoms with Gasteiger partial charge in [0.15, 0.2) is 0 Å². The number of imidazole rings is 1. The molecule has 0 saturated carbocycles. The molecule has 1 aliphatic heterocycles. The highest BCUT2D eigenvalue weighted by atomic mass is 16.2. The fourth-order valence-electron chi connectivity index (χ4n) is 4.94. The second kappa shape index (κ2) is 8.77. The average molecular weight is 433 g/mol. The van der Waals surface area contributed by atoms with E-state index in [0.29, 0.717) is 13.0 Å². The topological polar surface area (TPSA) is 58.4 Å². The molecular formula is C26H32N4O2. The molecule has 1 aliphatic rings. The first kappa shape index (κ1) is 22.1. The third-order valence-corrected chi connectivity index (χ3v) is 6.27. The monoisotopic (exact) mass is 432 g/mol. The Morgan fingerprint density at radius 3 is 2.41 bits per heavy atom. The Bertz CT molecular complexity index is 1140. The summed E-state index contributed by atoms with van der Waals surface area (Å²) in [5.41, 5.74) is 3.82. The van der Waals surface area contributed by atoms with Crippen LogP contribution in [0.1, 0.15) is 51.4 Å². The minimum atomic E-state index is -0.0612. The molecule has 32 heavy (non-hydrogen) atoms. The van der Waals surface area contributed by atoms with Crippen LogP contribution in [0.25, 0.3) is 11.0 Å². The number of fused-ring (bicyclic) bond motifs is 1. The zero-order valence-corrected chi connectivity index (χ0v) is 19.6. The second-order valence-electron chi connectivity index (χ2n) is 9.23. The molecule has 2 aromatic carbocycles. The highest BCUT2D eigenvalue weighted by molar-refractivity contribution is 5.97. The third-order valence-electron chi connectivity index (χ3n) is 6.27. The number of benzene rings is 2. The summed E-state index contributed by atoms with van der Waals surface area (Å²) >= 11 is 0. The summed E-state index contributed by atoms with van der Waals surface area (Å²) in [7, 11) is 0. The number of hydrogen-bond acceptors (Lipinski definition) is 3. The number of rotatable bonds is 6. The van der Waals surface area contributed by atoms with Crippen LogP contribution in [0, 0.1) is 6.92 Å². The van der Waals surface area contributed by atoms with Crippen LogP contribution < -0.4 is 4.90 Å². The van der Waals surface area contributed by atoms with Crippen molar-refractivity contribution < 1.29 is 9.59 Å². The molecule has 0 unspecified atom stereocenters. The predicted octanol–water partition coefficient (Wildman–Crippen LogP) is 4.51. The van der Waals surface area contributed by atoms with Gasteiger partial charge in [0.1, 0.15) is 12.4 Å². The first-order valence-corrected chi connectivity index (χ1v) is 11.4. The highest BCUT2D eigenvalue weighted by Gasteiger charge is 2.36. The fraction of sp³-hybridized carbons (Fsp3) is 0.423. The Balaban J connectivity index is 1.70. The lowest BCUT2D eigenvalue weighted by Crippen LogP contribution is -2.44. The summed E-state index contributed by atoms with van der Waals surface area (Å²) < 4.78 is 2.02. The second-order valence-corrected chi connectivity index (χ2v) is 9.23. The Kier molecular flexibility index (Phi) is 6.04. The SMILES string of the molecule is Cc1ccccc1N1C[C@H](c2nc3ccccc3n2CC(=O)N(C(C)C)C(C)C)CC1=O. The largest absolute Gasteiger partial charge is 0.336 e. The zero-order valence-electron chi connectivity index (χ0n) is 19.6. The van der Waals surface area contributed by atoms with E-state index in [4.69, 9.17) is 4.98 Å². The number of carbonyl (C=O) groups is 2. The molecule has 1 aromatic heterocycles. The van der Waals surface area contributed by atoms with Crippen molar-refractivity contribution in [3.63, 3.8) is 0 Å². The summed E-state index contributed by atoms with van der Waals surface area (Å²) in [5, 5.41) is 0. The van der Waals surface area contributed by atoms with Crippen LogP contribution in [-0.2, 0) is 16.1 Å². The van der Waals surface area contributed by atoms with Crippen molar-refractivity contribution in [3.05, 3.63) is 59.9 Å². The number of carbonyl (C=O) groups excluding carboxylic acids is 2. The summed E-state index contributed by atoms with van der Waals surface area (Å²) in [6.45, 7) is 11.0. The van der Waals surface area contributed by atoms with Gasteiger partial charge >= 0.3 is 0 Å². The Morgan fingerprint density at radius 1 is 1.06 bits per heavy atom. The van der Waals surface area contributed by atoms with Crippen molar-refractivity contribution in [2.45, 2.75) is 65.6 Å². The fourth-order valence-corrected chi connectivity index (χ4v) is 4.94. The van der Waals surface area contributed by atoms with Gasteiger partial charge in [0.2, 0.25) is 11.8 Å². The van der Waals surface area contributed by atoms with Gasteiger partial charge in [-0.15, -0.1) is 0 Å². The van der Waals surface area contributed by atoms with E-state index in [1.807, 2.05) is 97.5 Å². The van der Waals surface area contributed by atoms with Gasteiger partial charge in [0.05, 0.1) is 11.0 Å². The van der Waals surface area contributed by atoms with E-state index in [9.17, 15) is 9.59 Å². The van der Waals surface area contributed by atoms with Gasteiger partial charge in [0, 0.05) is 36.7 Å². The summed E-state index contributed by atoms with van der Waals surface area (Å²) in [6, 6.07) is 16.1. The van der Waals surface area contributed by atoms with Gasteiger partial charge in [-0.05, 0) is 58.4 Å². The quantitative estimate of drug-likeness (QED) is 0.576. The molecule has 6 nitrogen and oxygen atoms in total. The Morgan fingerprint density at radius 2 is 1.72 bits per heavy atom. The molecule has 6 heteroatoms. The van der Waals surface area contributed by atoms with Crippen LogP contribution in [0.15, 0.2) is 48.5 Å². The van der Waals surface area contributed by atoms with Gasteiger partial charge in [-0.3, -0.25) is 9.59 Å². The van der Waals surface area contributed by atoms with E-state index in [1.165, 1.54) is 0 Å². The summed E-state index contributed by atoms with van der Waals surface area (Å²) in [5.74, 6) is 0.921. The molecule has 0 spiro atoms. The van der Waals surface area contributed by atoms with Crippen LogP contribution in [0.3, 0.4) is 0 Å². The van der Waals surface area contributed by atoms with E-state index in [-0.39, 0.29) is 36.4 Å². The minimum absolute atomic E-state index is 0.0612. The number of nitrogens with zero attached hydrogens (tertiary/aromatic N) is 4. The predicted molar refractivity (Wildman–Crippen MR) is 128 cm³/mol. The molecule has 1 fully saturated rings. The van der Waals surface area contributed by atoms with Crippen molar-refractivity contribution in [1.29, 1.82) is 0 Å². The molecule has 4 rings (SSSR count). The van der Waals surface area contributed by atoms with Crippen LogP contribution in [0.5, 0.6) is 0 Å². The lowest BCUT2D eigenvalue weighted by atomic mass is 10.1. The van der Waals surface area contributed by atoms with Crippen LogP contribution >= 0.6 is 0 Å². The number of aryl methyl sites for hydroxylation is 1. The van der Waals surface area contributed by atoms with Crippen molar-refractivity contribution >= 4 is 28.5 Å². The number of amides is 2. The highest BCUT2D eigenvalue weighted by Crippen LogP contribution is 2.34. The molecule has 2 amide bonds. The first-order valence-electron chi connectivity index (χ1n) is 11.4. The molecule has 1 atom stereocenters.